The van der Waals surface area contributed by atoms with Crippen molar-refractivity contribution >= 4 is 17.4 Å². The number of hydrogen-bond donors (Lipinski definition) is 2. The summed E-state index contributed by atoms with van der Waals surface area (Å²) in [6, 6.07) is 24.3. The maximum absolute atomic E-state index is 13.9. The van der Waals surface area contributed by atoms with Crippen molar-refractivity contribution in [3.63, 3.8) is 0 Å². The van der Waals surface area contributed by atoms with Crippen LogP contribution in [0.5, 0.6) is 5.75 Å². The lowest BCUT2D eigenvalue weighted by atomic mass is 9.82. The van der Waals surface area contributed by atoms with Gasteiger partial charge in [-0.2, -0.15) is 0 Å². The third-order valence-electron chi connectivity index (χ3n) is 6.75. The van der Waals surface area contributed by atoms with Crippen molar-refractivity contribution in [1.82, 2.24) is 10.2 Å². The van der Waals surface area contributed by atoms with Gasteiger partial charge in [0.25, 0.3) is 0 Å². The van der Waals surface area contributed by atoms with Crippen LogP contribution in [0.25, 0.3) is 0 Å². The van der Waals surface area contributed by atoms with Crippen LogP contribution in [0.1, 0.15) is 21.5 Å². The zero-order valence-electron chi connectivity index (χ0n) is 18.4. The Kier molecular flexibility index (Phi) is 4.97. The molecule has 3 aromatic carbocycles. The summed E-state index contributed by atoms with van der Waals surface area (Å²) in [5, 5.41) is 16.5. The summed E-state index contributed by atoms with van der Waals surface area (Å²) < 4.78 is 6.09. The van der Waals surface area contributed by atoms with Crippen LogP contribution in [-0.2, 0) is 12.1 Å². The molecule has 34 heavy (non-hydrogen) atoms. The predicted molar refractivity (Wildman–Crippen MR) is 131 cm³/mol. The maximum atomic E-state index is 13.9. The number of fused-ring (bicyclic) bond motifs is 2. The average Bonchev–Trinajstić information content (AvgIpc) is 3.45. The number of hydrogen-bond acceptors (Lipinski definition) is 5. The van der Waals surface area contributed by atoms with Gasteiger partial charge in [0, 0.05) is 41.2 Å². The fourth-order valence-electron chi connectivity index (χ4n) is 5.25. The minimum atomic E-state index is -1.49. The topological polar surface area (TPSA) is 61.8 Å². The van der Waals surface area contributed by atoms with Crippen LogP contribution in [0.15, 0.2) is 101 Å². The molecule has 3 aliphatic rings. The molecule has 170 valence electrons. The van der Waals surface area contributed by atoms with E-state index >= 15 is 0 Å². The van der Waals surface area contributed by atoms with E-state index in [1.165, 1.54) is 0 Å². The van der Waals surface area contributed by atoms with E-state index < -0.39 is 5.72 Å². The van der Waals surface area contributed by atoms with Crippen molar-refractivity contribution in [2.24, 2.45) is 0 Å². The lowest BCUT2D eigenvalue weighted by Crippen LogP contribution is -2.43. The molecule has 0 amide bonds. The van der Waals surface area contributed by atoms with Gasteiger partial charge >= 0.3 is 0 Å². The van der Waals surface area contributed by atoms with E-state index in [4.69, 9.17) is 16.3 Å². The molecule has 0 radical (unpaired) electrons. The molecule has 1 atom stereocenters. The van der Waals surface area contributed by atoms with Crippen LogP contribution in [0.4, 0.5) is 0 Å². The highest BCUT2D eigenvalue weighted by Crippen LogP contribution is 2.50. The van der Waals surface area contributed by atoms with Gasteiger partial charge in [0.05, 0.1) is 5.57 Å². The maximum Gasteiger partial charge on any atom is 0.197 e. The van der Waals surface area contributed by atoms with Gasteiger partial charge in [-0.25, -0.2) is 0 Å². The van der Waals surface area contributed by atoms with E-state index in [1.807, 2.05) is 77.7 Å². The Morgan fingerprint density at radius 1 is 1.03 bits per heavy atom. The Morgan fingerprint density at radius 3 is 2.53 bits per heavy atom. The summed E-state index contributed by atoms with van der Waals surface area (Å²) in [7, 11) is 0. The molecule has 0 aromatic heterocycles. The first-order valence-electron chi connectivity index (χ1n) is 11.3. The highest BCUT2D eigenvalue weighted by molar-refractivity contribution is 6.30. The molecule has 1 fully saturated rings. The van der Waals surface area contributed by atoms with Gasteiger partial charge in [-0.05, 0) is 29.3 Å². The summed E-state index contributed by atoms with van der Waals surface area (Å²) in [6.07, 6.45) is 0.535. The van der Waals surface area contributed by atoms with E-state index in [1.54, 1.807) is 6.07 Å². The van der Waals surface area contributed by atoms with Crippen LogP contribution in [0.2, 0.25) is 5.02 Å². The Bertz CT molecular complexity index is 1350. The Morgan fingerprint density at radius 2 is 1.76 bits per heavy atom. The van der Waals surface area contributed by atoms with Crippen molar-refractivity contribution in [1.29, 1.82) is 0 Å². The third-order valence-corrected chi connectivity index (χ3v) is 6.98. The lowest BCUT2D eigenvalue weighted by molar-refractivity contribution is -0.0434. The van der Waals surface area contributed by atoms with E-state index in [2.05, 4.69) is 5.32 Å². The Labute approximate surface area is 202 Å². The van der Waals surface area contributed by atoms with Crippen molar-refractivity contribution < 1.29 is 14.6 Å². The van der Waals surface area contributed by atoms with Crippen LogP contribution in [0, 0.1) is 0 Å². The van der Waals surface area contributed by atoms with Gasteiger partial charge < -0.3 is 20.1 Å². The second kappa shape index (κ2) is 8.05. The minimum Gasteiger partial charge on any atom is -0.489 e. The average molecular weight is 471 g/mol. The molecule has 3 aromatic rings. The summed E-state index contributed by atoms with van der Waals surface area (Å²) in [5.41, 5.74) is 2.70. The molecule has 1 saturated heterocycles. The number of aliphatic hydroxyl groups is 1. The fraction of sp³-hybridized carbons (Fsp3) is 0.179. The minimum absolute atomic E-state index is 0.124. The fourth-order valence-corrected chi connectivity index (χ4v) is 5.44. The molecule has 0 bridgehead atoms. The number of ether oxygens (including phenoxy) is 1. The van der Waals surface area contributed by atoms with Gasteiger partial charge in [0.15, 0.2) is 11.5 Å². The first-order chi connectivity index (χ1) is 16.6. The number of Topliss-reactive ketones (excluding diaryl/α,β-unsaturated/α-hetero) is 1. The first-order valence-corrected chi connectivity index (χ1v) is 11.7. The van der Waals surface area contributed by atoms with Crippen LogP contribution in [0.3, 0.4) is 0 Å². The van der Waals surface area contributed by atoms with E-state index in [0.717, 1.165) is 16.9 Å². The van der Waals surface area contributed by atoms with Crippen molar-refractivity contribution in [2.45, 2.75) is 12.1 Å². The molecule has 3 aliphatic heterocycles. The molecule has 6 rings (SSSR count). The number of halogens is 1. The second-order valence-electron chi connectivity index (χ2n) is 8.73. The highest BCUT2D eigenvalue weighted by atomic mass is 35.5. The molecule has 5 nitrogen and oxygen atoms in total. The molecule has 2 N–H and O–H groups in total. The summed E-state index contributed by atoms with van der Waals surface area (Å²) >= 11 is 6.27. The summed E-state index contributed by atoms with van der Waals surface area (Å²) in [5.74, 6) is 1.32. The zero-order chi connectivity index (χ0) is 23.3. The number of nitrogens with one attached hydrogen (secondary N) is 1. The monoisotopic (exact) mass is 470 g/mol. The van der Waals surface area contributed by atoms with E-state index in [9.17, 15) is 9.90 Å². The summed E-state index contributed by atoms with van der Waals surface area (Å²) in [4.78, 5) is 15.8. The summed E-state index contributed by atoms with van der Waals surface area (Å²) in [6.45, 7) is 1.51. The van der Waals surface area contributed by atoms with Crippen LogP contribution < -0.4 is 10.1 Å². The Hall–Kier alpha value is -3.54. The smallest absolute Gasteiger partial charge is 0.197 e. The molecule has 0 saturated carbocycles. The van der Waals surface area contributed by atoms with Gasteiger partial charge in [0.1, 0.15) is 18.2 Å². The molecular weight excluding hydrogens is 448 g/mol. The van der Waals surface area contributed by atoms with Gasteiger partial charge in [0.2, 0.25) is 0 Å². The van der Waals surface area contributed by atoms with E-state index in [-0.39, 0.29) is 12.4 Å². The SMILES string of the molecule is O=C(C1=C2NCCN2C(O)(c2ccccc2)/C1=C1/COc2ccc(Cl)cc2C1)c1ccccc1. The molecule has 1 unspecified atom stereocenters. The van der Waals surface area contributed by atoms with Crippen molar-refractivity contribution in [3.05, 3.63) is 123 Å². The lowest BCUT2D eigenvalue weighted by Gasteiger charge is -2.37. The largest absolute Gasteiger partial charge is 0.489 e. The molecule has 6 heteroatoms. The zero-order valence-corrected chi connectivity index (χ0v) is 19.2. The van der Waals surface area contributed by atoms with Crippen molar-refractivity contribution in [3.8, 4) is 5.75 Å². The number of rotatable bonds is 3. The first kappa shape index (κ1) is 21.0. The third kappa shape index (κ3) is 3.16. The van der Waals surface area contributed by atoms with E-state index in [0.29, 0.717) is 52.6 Å². The van der Waals surface area contributed by atoms with Gasteiger partial charge in [-0.15, -0.1) is 0 Å². The number of benzene rings is 3. The molecule has 0 aliphatic carbocycles. The highest BCUT2D eigenvalue weighted by Gasteiger charge is 2.54. The molecular formula is C28H23ClN2O3. The number of carbonyl (C=O) groups excluding carboxylic acids is 1. The standard InChI is InChI=1S/C28H23ClN2O3/c29-22-11-12-23-19(16-22)15-20(17-34-23)25-24(26(32)18-7-3-1-4-8-18)27-30-13-14-31(27)28(25,33)21-9-5-2-6-10-21/h1-12,16,30,33H,13-15,17H2/b25-20+. The Balaban J connectivity index is 1.59. The number of carbonyl (C=O) groups is 1. The predicted octanol–water partition coefficient (Wildman–Crippen LogP) is 4.43. The quantitative estimate of drug-likeness (QED) is 0.554. The number of nitrogens with zero attached hydrogens (tertiary/aromatic N) is 1. The normalized spacial score (nSPS) is 23.3. The van der Waals surface area contributed by atoms with Crippen LogP contribution in [-0.4, -0.2) is 35.5 Å². The second-order valence-corrected chi connectivity index (χ2v) is 9.17. The number of ketones is 1. The molecule has 3 heterocycles. The molecule has 0 spiro atoms. The van der Waals surface area contributed by atoms with Crippen molar-refractivity contribution in [2.75, 3.05) is 19.7 Å². The van der Waals surface area contributed by atoms with Gasteiger partial charge in [-0.1, -0.05) is 72.3 Å². The van der Waals surface area contributed by atoms with Crippen LogP contribution >= 0.6 is 11.6 Å². The van der Waals surface area contributed by atoms with Gasteiger partial charge in [-0.3, -0.25) is 4.79 Å².